The van der Waals surface area contributed by atoms with Crippen LogP contribution in [0.15, 0.2) is 6.33 Å². The Bertz CT molecular complexity index is 439. The Hall–Kier alpha value is -1.36. The van der Waals surface area contributed by atoms with Crippen LogP contribution >= 0.6 is 11.6 Å². The van der Waals surface area contributed by atoms with Crippen LogP contribution in [0, 0.1) is 0 Å². The molecular weight excluding hydrogens is 264 g/mol. The first-order valence-electron chi connectivity index (χ1n) is 6.52. The lowest BCUT2D eigenvalue weighted by atomic mass is 10.1. The molecule has 1 aromatic heterocycles. The van der Waals surface area contributed by atoms with Crippen molar-refractivity contribution >= 4 is 23.3 Å². The minimum Gasteiger partial charge on any atom is -0.358 e. The Balaban J connectivity index is 2.87. The predicted octanol–water partition coefficient (Wildman–Crippen LogP) is 2.36. The number of hydrogen-bond acceptors (Lipinski definition) is 4. The van der Waals surface area contributed by atoms with Gasteiger partial charge in [0, 0.05) is 19.2 Å². The van der Waals surface area contributed by atoms with E-state index >= 15 is 0 Å². The first kappa shape index (κ1) is 15.7. The molecule has 0 spiro atoms. The Morgan fingerprint density at radius 2 is 2.16 bits per heavy atom. The summed E-state index contributed by atoms with van der Waals surface area (Å²) in [7, 11) is 1.78. The van der Waals surface area contributed by atoms with Gasteiger partial charge in [0.25, 0.3) is 0 Å². The van der Waals surface area contributed by atoms with Gasteiger partial charge in [0.1, 0.15) is 23.3 Å². The van der Waals surface area contributed by atoms with Crippen LogP contribution in [0.3, 0.4) is 0 Å². The lowest BCUT2D eigenvalue weighted by Crippen LogP contribution is -2.39. The number of likely N-dealkylation sites (N-methyl/N-ethyl adjacent to an activating group) is 1. The second-order valence-corrected chi connectivity index (χ2v) is 4.82. The zero-order valence-corrected chi connectivity index (χ0v) is 12.7. The van der Waals surface area contributed by atoms with Gasteiger partial charge in [0.2, 0.25) is 5.91 Å². The van der Waals surface area contributed by atoms with E-state index in [1.807, 2.05) is 13.8 Å². The monoisotopic (exact) mass is 284 g/mol. The summed E-state index contributed by atoms with van der Waals surface area (Å²) < 4.78 is 0. The third kappa shape index (κ3) is 4.06. The Morgan fingerprint density at radius 3 is 2.74 bits per heavy atom. The van der Waals surface area contributed by atoms with Gasteiger partial charge in [0.15, 0.2) is 0 Å². The number of aromatic nitrogens is 2. The van der Waals surface area contributed by atoms with Gasteiger partial charge in [-0.25, -0.2) is 9.97 Å². The molecule has 0 saturated carbocycles. The summed E-state index contributed by atoms with van der Waals surface area (Å²) >= 11 is 6.07. The molecule has 6 heteroatoms. The number of nitrogens with zero attached hydrogens (tertiary/aromatic N) is 3. The molecule has 1 heterocycles. The zero-order valence-electron chi connectivity index (χ0n) is 11.9. The number of carbonyl (C=O) groups excluding carboxylic acids is 1. The molecular formula is C13H21ClN4O. The van der Waals surface area contributed by atoms with Crippen molar-refractivity contribution in [3.8, 4) is 0 Å². The van der Waals surface area contributed by atoms with Gasteiger partial charge in [-0.3, -0.25) is 4.79 Å². The number of nitrogens with one attached hydrogen (secondary N) is 1. The smallest absolute Gasteiger partial charge is 0.244 e. The fourth-order valence-electron chi connectivity index (χ4n) is 1.74. The maximum atomic E-state index is 12.0. The average molecular weight is 285 g/mol. The number of hydrogen-bond donors (Lipinski definition) is 1. The summed E-state index contributed by atoms with van der Waals surface area (Å²) in [5.41, 5.74) is 0.866. The number of amides is 1. The van der Waals surface area contributed by atoms with Crippen LogP contribution in [-0.2, 0) is 11.2 Å². The molecule has 1 amide bonds. The molecule has 5 nitrogen and oxygen atoms in total. The molecule has 1 unspecified atom stereocenters. The number of halogens is 1. The summed E-state index contributed by atoms with van der Waals surface area (Å²) in [5, 5.41) is 3.57. The van der Waals surface area contributed by atoms with Gasteiger partial charge in [-0.1, -0.05) is 24.9 Å². The van der Waals surface area contributed by atoms with E-state index in [4.69, 9.17) is 11.6 Å². The largest absolute Gasteiger partial charge is 0.358 e. The molecule has 106 valence electrons. The second-order valence-electron chi connectivity index (χ2n) is 4.46. The van der Waals surface area contributed by atoms with Crippen LogP contribution in [0.2, 0.25) is 5.15 Å². The van der Waals surface area contributed by atoms with Crippen LogP contribution in [-0.4, -0.2) is 40.4 Å². The average Bonchev–Trinajstić information content (AvgIpc) is 2.40. The van der Waals surface area contributed by atoms with Crippen molar-refractivity contribution in [3.63, 3.8) is 0 Å². The fourth-order valence-corrected chi connectivity index (χ4v) is 1.97. The molecule has 0 fully saturated rings. The van der Waals surface area contributed by atoms with Crippen LogP contribution < -0.4 is 5.32 Å². The van der Waals surface area contributed by atoms with Crippen molar-refractivity contribution in [2.75, 3.05) is 18.9 Å². The highest BCUT2D eigenvalue weighted by Gasteiger charge is 2.18. The van der Waals surface area contributed by atoms with E-state index in [9.17, 15) is 4.79 Å². The van der Waals surface area contributed by atoms with E-state index in [2.05, 4.69) is 22.2 Å². The normalized spacial score (nSPS) is 12.1. The Morgan fingerprint density at radius 1 is 1.47 bits per heavy atom. The molecule has 1 rings (SSSR count). The summed E-state index contributed by atoms with van der Waals surface area (Å²) in [4.78, 5) is 21.9. The van der Waals surface area contributed by atoms with Crippen LogP contribution in [0.5, 0.6) is 0 Å². The molecule has 0 aromatic carbocycles. The van der Waals surface area contributed by atoms with Crippen molar-refractivity contribution < 1.29 is 4.79 Å². The molecule has 0 aliphatic carbocycles. The van der Waals surface area contributed by atoms with Crippen LogP contribution in [0.4, 0.5) is 5.82 Å². The molecule has 0 saturated heterocycles. The molecule has 1 atom stereocenters. The van der Waals surface area contributed by atoms with Gasteiger partial charge in [0.05, 0.1) is 0 Å². The van der Waals surface area contributed by atoms with Gasteiger partial charge < -0.3 is 10.2 Å². The third-order valence-corrected chi connectivity index (χ3v) is 3.29. The highest BCUT2D eigenvalue weighted by Crippen LogP contribution is 2.22. The summed E-state index contributed by atoms with van der Waals surface area (Å²) in [6.07, 6.45) is 3.13. The SMILES string of the molecule is CCCc1c(Cl)ncnc1NC(C)C(=O)N(C)CC. The van der Waals surface area contributed by atoms with E-state index in [0.717, 1.165) is 18.4 Å². The van der Waals surface area contributed by atoms with Crippen LogP contribution in [0.25, 0.3) is 0 Å². The molecule has 0 radical (unpaired) electrons. The number of carbonyl (C=O) groups is 1. The molecule has 1 N–H and O–H groups in total. The molecule has 19 heavy (non-hydrogen) atoms. The third-order valence-electron chi connectivity index (χ3n) is 2.97. The molecule has 0 bridgehead atoms. The predicted molar refractivity (Wildman–Crippen MR) is 77.4 cm³/mol. The van der Waals surface area contributed by atoms with E-state index in [1.54, 1.807) is 11.9 Å². The highest BCUT2D eigenvalue weighted by atomic mass is 35.5. The zero-order chi connectivity index (χ0) is 14.4. The molecule has 0 aliphatic rings. The van der Waals surface area contributed by atoms with Crippen molar-refractivity contribution in [2.24, 2.45) is 0 Å². The quantitative estimate of drug-likeness (QED) is 0.815. The number of anilines is 1. The van der Waals surface area contributed by atoms with Gasteiger partial charge >= 0.3 is 0 Å². The first-order valence-corrected chi connectivity index (χ1v) is 6.89. The van der Waals surface area contributed by atoms with E-state index in [0.29, 0.717) is 17.5 Å². The number of rotatable bonds is 6. The summed E-state index contributed by atoms with van der Waals surface area (Å²) in [6, 6.07) is -0.341. The standard InChI is InChI=1S/C13H21ClN4O/c1-5-7-10-11(14)15-8-16-12(10)17-9(3)13(19)18(4)6-2/h8-9H,5-7H2,1-4H3,(H,15,16,17). The van der Waals surface area contributed by atoms with Gasteiger partial charge in [-0.05, 0) is 20.3 Å². The lowest BCUT2D eigenvalue weighted by molar-refractivity contribution is -0.130. The lowest BCUT2D eigenvalue weighted by Gasteiger charge is -2.22. The summed E-state index contributed by atoms with van der Waals surface area (Å²) in [6.45, 7) is 6.50. The van der Waals surface area contributed by atoms with Crippen molar-refractivity contribution in [1.82, 2.24) is 14.9 Å². The fraction of sp³-hybridized carbons (Fsp3) is 0.615. The Kier molecular flexibility index (Phi) is 6.02. The maximum Gasteiger partial charge on any atom is 0.244 e. The minimum atomic E-state index is -0.341. The second kappa shape index (κ2) is 7.28. The molecule has 0 aliphatic heterocycles. The topological polar surface area (TPSA) is 58.1 Å². The first-order chi connectivity index (χ1) is 9.01. The molecule has 1 aromatic rings. The highest BCUT2D eigenvalue weighted by molar-refractivity contribution is 6.30. The van der Waals surface area contributed by atoms with E-state index in [-0.39, 0.29) is 11.9 Å². The van der Waals surface area contributed by atoms with Crippen molar-refractivity contribution in [2.45, 2.75) is 39.7 Å². The van der Waals surface area contributed by atoms with Gasteiger partial charge in [-0.15, -0.1) is 0 Å². The Labute approximate surface area is 119 Å². The summed E-state index contributed by atoms with van der Waals surface area (Å²) in [5.74, 6) is 0.673. The van der Waals surface area contributed by atoms with E-state index < -0.39 is 0 Å². The van der Waals surface area contributed by atoms with Gasteiger partial charge in [-0.2, -0.15) is 0 Å². The van der Waals surface area contributed by atoms with Crippen molar-refractivity contribution in [1.29, 1.82) is 0 Å². The minimum absolute atomic E-state index is 0.0275. The maximum absolute atomic E-state index is 12.0. The van der Waals surface area contributed by atoms with Crippen molar-refractivity contribution in [3.05, 3.63) is 17.0 Å². The van der Waals surface area contributed by atoms with Crippen LogP contribution in [0.1, 0.15) is 32.8 Å². The van der Waals surface area contributed by atoms with E-state index in [1.165, 1.54) is 6.33 Å².